The van der Waals surface area contributed by atoms with Gasteiger partial charge in [0.2, 0.25) is 5.91 Å². The second-order valence-corrected chi connectivity index (χ2v) is 12.5. The van der Waals surface area contributed by atoms with Crippen LogP contribution in [0.1, 0.15) is 74.9 Å². The van der Waals surface area contributed by atoms with Gasteiger partial charge in [0.25, 0.3) is 5.91 Å². The summed E-state index contributed by atoms with van der Waals surface area (Å²) in [7, 11) is 0. The lowest BCUT2D eigenvalue weighted by Crippen LogP contribution is -2.36. The van der Waals surface area contributed by atoms with Crippen molar-refractivity contribution in [1.29, 1.82) is 0 Å². The van der Waals surface area contributed by atoms with E-state index in [4.69, 9.17) is 0 Å². The van der Waals surface area contributed by atoms with Crippen LogP contribution in [0, 0.1) is 17.3 Å². The molecule has 40 heavy (non-hydrogen) atoms. The van der Waals surface area contributed by atoms with Crippen LogP contribution in [0.15, 0.2) is 73.1 Å². The summed E-state index contributed by atoms with van der Waals surface area (Å²) < 4.78 is 0. The van der Waals surface area contributed by atoms with Crippen molar-refractivity contribution in [2.75, 3.05) is 23.3 Å². The molecule has 6 nitrogen and oxygen atoms in total. The lowest BCUT2D eigenvalue weighted by atomic mass is 9.84. The zero-order valence-electron chi connectivity index (χ0n) is 24.5. The second kappa shape index (κ2) is 13.6. The number of hydrogen-bond donors (Lipinski definition) is 2. The lowest BCUT2D eigenvalue weighted by Gasteiger charge is -2.35. The second-order valence-electron chi connectivity index (χ2n) is 12.5. The van der Waals surface area contributed by atoms with Crippen molar-refractivity contribution in [3.63, 3.8) is 0 Å². The third-order valence-electron chi connectivity index (χ3n) is 7.52. The topological polar surface area (TPSA) is 74.3 Å². The molecule has 3 aromatic rings. The fourth-order valence-corrected chi connectivity index (χ4v) is 5.82. The van der Waals surface area contributed by atoms with E-state index in [1.165, 1.54) is 5.56 Å². The van der Waals surface area contributed by atoms with Gasteiger partial charge in [-0.1, -0.05) is 64.1 Å². The zero-order valence-corrected chi connectivity index (χ0v) is 24.5. The Labute approximate surface area is 239 Å². The molecule has 1 aromatic heterocycles. The summed E-state index contributed by atoms with van der Waals surface area (Å²) in [5, 5.41) is 6.10. The Kier molecular flexibility index (Phi) is 9.97. The summed E-state index contributed by atoms with van der Waals surface area (Å²) in [5.74, 6) is 0.740. The van der Waals surface area contributed by atoms with Gasteiger partial charge < -0.3 is 15.5 Å². The summed E-state index contributed by atoms with van der Waals surface area (Å²) in [4.78, 5) is 32.8. The van der Waals surface area contributed by atoms with Crippen LogP contribution in [0.5, 0.6) is 0 Å². The Morgan fingerprint density at radius 2 is 1.73 bits per heavy atom. The minimum Gasteiger partial charge on any atom is -0.371 e. The predicted molar refractivity (Wildman–Crippen MR) is 163 cm³/mol. The van der Waals surface area contributed by atoms with Crippen LogP contribution in [0.2, 0.25) is 0 Å². The van der Waals surface area contributed by atoms with E-state index in [0.717, 1.165) is 50.0 Å². The first-order valence-electron chi connectivity index (χ1n) is 14.6. The minimum absolute atomic E-state index is 0.0204. The monoisotopic (exact) mass is 540 g/mol. The first-order chi connectivity index (χ1) is 19.2. The Morgan fingerprint density at radius 1 is 1.00 bits per heavy atom. The van der Waals surface area contributed by atoms with Gasteiger partial charge in [0.05, 0.1) is 5.56 Å². The van der Waals surface area contributed by atoms with E-state index in [-0.39, 0.29) is 23.1 Å². The SMILES string of the molecule is CC(CC(=O)Nc1ccc(N2CCC(Cc3ccccc3)CC2)c(C(=O)NCc2cccnc2)c1)CC(C)(C)C. The van der Waals surface area contributed by atoms with Crippen molar-refractivity contribution in [1.82, 2.24) is 10.3 Å². The number of nitrogens with zero attached hydrogens (tertiary/aromatic N) is 2. The number of hydrogen-bond acceptors (Lipinski definition) is 4. The molecule has 1 aliphatic heterocycles. The Bertz CT molecular complexity index is 1250. The molecule has 1 fully saturated rings. The molecule has 1 atom stereocenters. The van der Waals surface area contributed by atoms with E-state index in [1.54, 1.807) is 12.4 Å². The number of aromatic nitrogens is 1. The summed E-state index contributed by atoms with van der Waals surface area (Å²) in [6, 6.07) is 20.2. The number of carbonyl (C=O) groups excluding carboxylic acids is 2. The Hall–Kier alpha value is -3.67. The van der Waals surface area contributed by atoms with E-state index in [1.807, 2.05) is 30.3 Å². The number of pyridine rings is 1. The van der Waals surface area contributed by atoms with Crippen molar-refractivity contribution in [3.05, 3.63) is 89.7 Å². The zero-order chi connectivity index (χ0) is 28.5. The molecule has 0 radical (unpaired) electrons. The highest BCUT2D eigenvalue weighted by Gasteiger charge is 2.24. The molecule has 0 saturated carbocycles. The molecular weight excluding hydrogens is 496 g/mol. The smallest absolute Gasteiger partial charge is 0.253 e. The van der Waals surface area contributed by atoms with Gasteiger partial charge in [-0.05, 0) is 78.3 Å². The third-order valence-corrected chi connectivity index (χ3v) is 7.52. The van der Waals surface area contributed by atoms with E-state index < -0.39 is 0 Å². The maximum absolute atomic E-state index is 13.5. The van der Waals surface area contributed by atoms with Crippen molar-refractivity contribution >= 4 is 23.2 Å². The van der Waals surface area contributed by atoms with Gasteiger partial charge in [0, 0.05) is 49.8 Å². The van der Waals surface area contributed by atoms with Crippen molar-refractivity contribution < 1.29 is 9.59 Å². The number of rotatable bonds is 10. The molecule has 0 aliphatic carbocycles. The van der Waals surface area contributed by atoms with Gasteiger partial charge in [-0.3, -0.25) is 14.6 Å². The number of carbonyl (C=O) groups is 2. The fourth-order valence-electron chi connectivity index (χ4n) is 5.82. The fraction of sp³-hybridized carbons (Fsp3) is 0.441. The number of piperidine rings is 1. The van der Waals surface area contributed by atoms with Crippen molar-refractivity contribution in [3.8, 4) is 0 Å². The van der Waals surface area contributed by atoms with Crippen LogP contribution in [-0.2, 0) is 17.8 Å². The molecule has 1 aliphatic rings. The highest BCUT2D eigenvalue weighted by molar-refractivity contribution is 6.02. The van der Waals surface area contributed by atoms with Gasteiger partial charge in [-0.15, -0.1) is 0 Å². The first-order valence-corrected chi connectivity index (χ1v) is 14.6. The maximum atomic E-state index is 13.5. The highest BCUT2D eigenvalue weighted by atomic mass is 16.2. The average molecular weight is 541 g/mol. The summed E-state index contributed by atoms with van der Waals surface area (Å²) in [6.45, 7) is 10.9. The highest BCUT2D eigenvalue weighted by Crippen LogP contribution is 2.31. The van der Waals surface area contributed by atoms with Crippen LogP contribution < -0.4 is 15.5 Å². The van der Waals surface area contributed by atoms with Gasteiger partial charge in [0.15, 0.2) is 0 Å². The largest absolute Gasteiger partial charge is 0.371 e. The molecule has 0 bridgehead atoms. The van der Waals surface area contributed by atoms with E-state index in [9.17, 15) is 9.59 Å². The van der Waals surface area contributed by atoms with Crippen molar-refractivity contribution in [2.45, 2.75) is 66.3 Å². The molecule has 4 rings (SSSR count). The van der Waals surface area contributed by atoms with Crippen LogP contribution in [0.25, 0.3) is 0 Å². The number of nitrogens with one attached hydrogen (secondary N) is 2. The first kappa shape index (κ1) is 29.3. The van der Waals surface area contributed by atoms with Gasteiger partial charge in [-0.25, -0.2) is 0 Å². The molecule has 212 valence electrons. The summed E-state index contributed by atoms with van der Waals surface area (Å²) in [5.41, 5.74) is 4.66. The molecule has 2 heterocycles. The number of benzene rings is 2. The quantitative estimate of drug-likeness (QED) is 0.294. The number of amides is 2. The van der Waals surface area contributed by atoms with Crippen molar-refractivity contribution in [2.24, 2.45) is 17.3 Å². The van der Waals surface area contributed by atoms with Crippen LogP contribution >= 0.6 is 0 Å². The van der Waals surface area contributed by atoms with Gasteiger partial charge in [0.1, 0.15) is 0 Å². The molecular formula is C34H44N4O2. The number of anilines is 2. The van der Waals surface area contributed by atoms with E-state index >= 15 is 0 Å². The van der Waals surface area contributed by atoms with Crippen LogP contribution in [0.4, 0.5) is 11.4 Å². The molecule has 1 saturated heterocycles. The maximum Gasteiger partial charge on any atom is 0.253 e. The Balaban J connectivity index is 1.46. The molecule has 6 heteroatoms. The summed E-state index contributed by atoms with van der Waals surface area (Å²) >= 11 is 0. The van der Waals surface area contributed by atoms with Crippen LogP contribution in [-0.4, -0.2) is 29.9 Å². The molecule has 1 unspecified atom stereocenters. The minimum atomic E-state index is -0.150. The van der Waals surface area contributed by atoms with Crippen LogP contribution in [0.3, 0.4) is 0 Å². The summed E-state index contributed by atoms with van der Waals surface area (Å²) in [6.07, 6.45) is 8.16. The van der Waals surface area contributed by atoms with Gasteiger partial charge in [-0.2, -0.15) is 0 Å². The molecule has 0 spiro atoms. The average Bonchev–Trinajstić information content (AvgIpc) is 2.92. The van der Waals surface area contributed by atoms with Gasteiger partial charge >= 0.3 is 0 Å². The van der Waals surface area contributed by atoms with E-state index in [0.29, 0.717) is 30.1 Å². The lowest BCUT2D eigenvalue weighted by molar-refractivity contribution is -0.117. The standard InChI is InChI=1S/C34H44N4O2/c1-25(22-34(2,3)4)19-32(39)37-29-12-13-31(30(21-29)33(40)36-24-28-11-8-16-35-23-28)38-17-14-27(15-18-38)20-26-9-6-5-7-10-26/h5-13,16,21,23,25,27H,14-15,17-20,22,24H2,1-4H3,(H,36,40)(H,37,39). The predicted octanol–water partition coefficient (Wildman–Crippen LogP) is 6.87. The Morgan fingerprint density at radius 3 is 2.40 bits per heavy atom. The third kappa shape index (κ3) is 8.94. The molecule has 2 amide bonds. The normalized spacial score (nSPS) is 14.9. The molecule has 2 N–H and O–H groups in total. The van der Waals surface area contributed by atoms with E-state index in [2.05, 4.69) is 78.5 Å². The molecule has 2 aromatic carbocycles.